The molecule has 1 saturated heterocycles. The molecule has 170 valence electrons. The SMILES string of the molecule is [C-]#[N+]c1c(-c2ccc(Oc3ccccc3)cc2)nn(C2CCCN(Cc3ccccc3)C2)c1N. The quantitative estimate of drug-likeness (QED) is 0.350. The van der Waals surface area contributed by atoms with Gasteiger partial charge in [-0.15, -0.1) is 0 Å². The van der Waals surface area contributed by atoms with E-state index >= 15 is 0 Å². The lowest BCUT2D eigenvalue weighted by molar-refractivity contribution is 0.164. The van der Waals surface area contributed by atoms with Crippen LogP contribution in [0.25, 0.3) is 16.1 Å². The van der Waals surface area contributed by atoms with Crippen molar-refractivity contribution >= 4 is 11.5 Å². The molecule has 1 aromatic heterocycles. The van der Waals surface area contributed by atoms with Crippen LogP contribution < -0.4 is 10.5 Å². The predicted octanol–water partition coefficient (Wildman–Crippen LogP) is 6.31. The van der Waals surface area contributed by atoms with Gasteiger partial charge in [0.15, 0.2) is 0 Å². The second kappa shape index (κ2) is 9.82. The number of hydrogen-bond donors (Lipinski definition) is 1. The third-order valence-corrected chi connectivity index (χ3v) is 6.22. The van der Waals surface area contributed by atoms with Crippen molar-refractivity contribution in [1.29, 1.82) is 0 Å². The average molecular weight is 450 g/mol. The van der Waals surface area contributed by atoms with Crippen LogP contribution >= 0.6 is 0 Å². The monoisotopic (exact) mass is 449 g/mol. The van der Waals surface area contributed by atoms with Gasteiger partial charge in [0, 0.05) is 13.1 Å². The minimum atomic E-state index is 0.146. The summed E-state index contributed by atoms with van der Waals surface area (Å²) in [7, 11) is 0. The third-order valence-electron chi connectivity index (χ3n) is 6.22. The molecule has 1 unspecified atom stereocenters. The van der Waals surface area contributed by atoms with Crippen molar-refractivity contribution in [3.8, 4) is 22.8 Å². The first-order chi connectivity index (χ1) is 16.7. The van der Waals surface area contributed by atoms with Crippen molar-refractivity contribution in [1.82, 2.24) is 14.7 Å². The van der Waals surface area contributed by atoms with Crippen LogP contribution in [-0.2, 0) is 6.54 Å². The van der Waals surface area contributed by atoms with E-state index in [2.05, 4.69) is 34.0 Å². The third kappa shape index (κ3) is 4.66. The Morgan fingerprint density at radius 1 is 0.941 bits per heavy atom. The van der Waals surface area contributed by atoms with E-state index in [-0.39, 0.29) is 6.04 Å². The fourth-order valence-electron chi connectivity index (χ4n) is 4.54. The Hall–Kier alpha value is -4.08. The molecule has 2 heterocycles. The number of hydrogen-bond acceptors (Lipinski definition) is 4. The number of aromatic nitrogens is 2. The first-order valence-electron chi connectivity index (χ1n) is 11.6. The van der Waals surface area contributed by atoms with Crippen molar-refractivity contribution < 1.29 is 4.74 Å². The number of nitrogen functional groups attached to an aromatic ring is 1. The van der Waals surface area contributed by atoms with Gasteiger partial charge in [0.25, 0.3) is 5.69 Å². The van der Waals surface area contributed by atoms with Gasteiger partial charge in [-0.05, 0) is 54.8 Å². The van der Waals surface area contributed by atoms with Crippen LogP contribution in [0, 0.1) is 6.57 Å². The van der Waals surface area contributed by atoms with E-state index in [0.717, 1.165) is 49.5 Å². The van der Waals surface area contributed by atoms with E-state index in [4.69, 9.17) is 22.1 Å². The molecule has 2 N–H and O–H groups in total. The van der Waals surface area contributed by atoms with Crippen LogP contribution in [0.4, 0.5) is 11.5 Å². The Labute approximate surface area is 200 Å². The van der Waals surface area contributed by atoms with Gasteiger partial charge < -0.3 is 10.5 Å². The Morgan fingerprint density at radius 2 is 1.62 bits per heavy atom. The number of likely N-dealkylation sites (tertiary alicyclic amines) is 1. The van der Waals surface area contributed by atoms with Crippen molar-refractivity contribution in [3.63, 3.8) is 0 Å². The zero-order valence-corrected chi connectivity index (χ0v) is 19.0. The molecular formula is C28H27N5O. The summed E-state index contributed by atoms with van der Waals surface area (Å²) >= 11 is 0. The molecule has 0 radical (unpaired) electrons. The fourth-order valence-corrected chi connectivity index (χ4v) is 4.54. The standard InChI is InChI=1S/C28H27N5O/c1-30-27-26(22-14-16-25(17-15-22)34-24-12-6-3-7-13-24)31-33(28(27)29)23-11-8-18-32(20-23)19-21-9-4-2-5-10-21/h2-7,9-10,12-17,23H,8,11,18-20,29H2. The number of nitrogens with zero attached hydrogens (tertiary/aromatic N) is 4. The Morgan fingerprint density at radius 3 is 2.32 bits per heavy atom. The van der Waals surface area contributed by atoms with Crippen molar-refractivity contribution in [3.05, 3.63) is 102 Å². The number of nitrogens with two attached hydrogens (primary N) is 1. The molecule has 3 aromatic carbocycles. The summed E-state index contributed by atoms with van der Waals surface area (Å²) in [6.07, 6.45) is 2.07. The van der Waals surface area contributed by atoms with E-state index in [9.17, 15) is 0 Å². The van der Waals surface area contributed by atoms with Gasteiger partial charge >= 0.3 is 0 Å². The number of benzene rings is 3. The first kappa shape index (κ1) is 21.7. The summed E-state index contributed by atoms with van der Waals surface area (Å²) in [6.45, 7) is 10.6. The second-order valence-electron chi connectivity index (χ2n) is 8.60. The number of rotatable bonds is 6. The molecule has 4 aromatic rings. The van der Waals surface area contributed by atoms with Gasteiger partial charge in [0.1, 0.15) is 23.0 Å². The highest BCUT2D eigenvalue weighted by molar-refractivity contribution is 5.83. The van der Waals surface area contributed by atoms with Crippen LogP contribution in [0.2, 0.25) is 0 Å². The van der Waals surface area contributed by atoms with Crippen molar-refractivity contribution in [2.45, 2.75) is 25.4 Å². The highest BCUT2D eigenvalue weighted by Crippen LogP contribution is 2.38. The van der Waals surface area contributed by atoms with Crippen molar-refractivity contribution in [2.24, 2.45) is 0 Å². The highest BCUT2D eigenvalue weighted by Gasteiger charge is 2.27. The maximum Gasteiger partial charge on any atom is 0.254 e. The van der Waals surface area contributed by atoms with E-state index < -0.39 is 0 Å². The summed E-state index contributed by atoms with van der Waals surface area (Å²) in [6, 6.07) is 28.0. The molecule has 5 rings (SSSR count). The molecular weight excluding hydrogens is 422 g/mol. The van der Waals surface area contributed by atoms with E-state index in [0.29, 0.717) is 17.2 Å². The van der Waals surface area contributed by atoms with Gasteiger partial charge in [-0.1, -0.05) is 60.7 Å². The highest BCUT2D eigenvalue weighted by atomic mass is 16.5. The second-order valence-corrected chi connectivity index (χ2v) is 8.60. The normalized spacial score (nSPS) is 16.1. The summed E-state index contributed by atoms with van der Waals surface area (Å²) in [4.78, 5) is 6.18. The van der Waals surface area contributed by atoms with Gasteiger partial charge in [-0.25, -0.2) is 4.85 Å². The number of para-hydroxylation sites is 1. The lowest BCUT2D eigenvalue weighted by Crippen LogP contribution is -2.36. The maximum absolute atomic E-state index is 7.74. The van der Waals surface area contributed by atoms with Crippen LogP contribution in [0.5, 0.6) is 11.5 Å². The molecule has 1 aliphatic heterocycles. The Bertz CT molecular complexity index is 1280. The summed E-state index contributed by atoms with van der Waals surface area (Å²) in [5, 5.41) is 4.84. The molecule has 0 amide bonds. The van der Waals surface area contributed by atoms with Crippen LogP contribution in [0.3, 0.4) is 0 Å². The lowest BCUT2D eigenvalue weighted by atomic mass is 10.0. The molecule has 1 atom stereocenters. The van der Waals surface area contributed by atoms with Gasteiger partial charge in [-0.2, -0.15) is 5.10 Å². The van der Waals surface area contributed by atoms with Gasteiger partial charge in [0.05, 0.1) is 12.6 Å². The van der Waals surface area contributed by atoms with Crippen LogP contribution in [0.1, 0.15) is 24.4 Å². The largest absolute Gasteiger partial charge is 0.457 e. The zero-order chi connectivity index (χ0) is 23.3. The van der Waals surface area contributed by atoms with Crippen LogP contribution in [-0.4, -0.2) is 27.8 Å². The molecule has 34 heavy (non-hydrogen) atoms. The van der Waals surface area contributed by atoms with Crippen LogP contribution in [0.15, 0.2) is 84.9 Å². The molecule has 6 nitrogen and oxygen atoms in total. The van der Waals surface area contributed by atoms with Gasteiger partial charge in [-0.3, -0.25) is 9.58 Å². The number of anilines is 1. The number of piperidine rings is 1. The molecule has 0 spiro atoms. The maximum atomic E-state index is 7.74. The Balaban J connectivity index is 1.36. The average Bonchev–Trinajstić information content (AvgIpc) is 3.22. The van der Waals surface area contributed by atoms with Gasteiger partial charge in [0.2, 0.25) is 0 Å². The fraction of sp³-hybridized carbons (Fsp3) is 0.214. The minimum Gasteiger partial charge on any atom is -0.457 e. The van der Waals surface area contributed by atoms with Crippen molar-refractivity contribution in [2.75, 3.05) is 18.8 Å². The molecule has 0 saturated carbocycles. The zero-order valence-electron chi connectivity index (χ0n) is 19.0. The Kier molecular flexibility index (Phi) is 6.28. The van der Waals surface area contributed by atoms with E-state index in [1.165, 1.54) is 5.56 Å². The molecule has 1 fully saturated rings. The smallest absolute Gasteiger partial charge is 0.254 e. The minimum absolute atomic E-state index is 0.146. The topological polar surface area (TPSA) is 60.7 Å². The van der Waals surface area contributed by atoms with E-state index in [1.807, 2.05) is 65.3 Å². The summed E-state index contributed by atoms with van der Waals surface area (Å²) < 4.78 is 7.76. The molecule has 0 aliphatic carbocycles. The molecule has 0 bridgehead atoms. The predicted molar refractivity (Wildman–Crippen MR) is 135 cm³/mol. The summed E-state index contributed by atoms with van der Waals surface area (Å²) in [5.41, 5.74) is 9.65. The van der Waals surface area contributed by atoms with E-state index in [1.54, 1.807) is 0 Å². The summed E-state index contributed by atoms with van der Waals surface area (Å²) in [5.74, 6) is 1.96. The molecule has 6 heteroatoms. The lowest BCUT2D eigenvalue weighted by Gasteiger charge is -2.33. The molecule has 1 aliphatic rings. The number of ether oxygens (including phenoxy) is 1. The first-order valence-corrected chi connectivity index (χ1v) is 11.6.